The number of nitrogens with two attached hydrogens (primary N) is 2. The largest absolute Gasteiger partial charge is 0.383 e. The fourth-order valence-corrected chi connectivity index (χ4v) is 3.36. The lowest BCUT2D eigenvalue weighted by molar-refractivity contribution is 0.917. The Morgan fingerprint density at radius 1 is 1.27 bits per heavy atom. The zero-order chi connectivity index (χ0) is 10.4. The maximum absolute atomic E-state index is 5.91. The highest BCUT2D eigenvalue weighted by Gasteiger charge is 2.20. The molecule has 5 nitrogen and oxygen atoms in total. The first kappa shape index (κ1) is 8.87. The summed E-state index contributed by atoms with van der Waals surface area (Å²) in [7, 11) is 0. The molecule has 0 atom stereocenters. The van der Waals surface area contributed by atoms with Crippen LogP contribution in [0.2, 0.25) is 0 Å². The molecule has 2 aromatic rings. The quantitative estimate of drug-likeness (QED) is 0.494. The Balaban J connectivity index is 2.34. The van der Waals surface area contributed by atoms with Gasteiger partial charge in [0.2, 0.25) is 5.95 Å². The Labute approximate surface area is 90.5 Å². The third-order valence-electron chi connectivity index (χ3n) is 2.72. The van der Waals surface area contributed by atoms with Crippen LogP contribution in [0.5, 0.6) is 0 Å². The Hall–Kier alpha value is -1.40. The average Bonchev–Trinajstić information content (AvgIpc) is 2.75. The lowest BCUT2D eigenvalue weighted by atomic mass is 10.2. The first-order valence-electron chi connectivity index (χ1n) is 4.84. The molecule has 0 aliphatic heterocycles. The van der Waals surface area contributed by atoms with Gasteiger partial charge in [-0.3, -0.25) is 5.43 Å². The fraction of sp³-hybridized carbons (Fsp3) is 0.333. The second-order valence-corrected chi connectivity index (χ2v) is 4.70. The van der Waals surface area contributed by atoms with Crippen molar-refractivity contribution in [1.29, 1.82) is 0 Å². The van der Waals surface area contributed by atoms with Gasteiger partial charge in [0.05, 0.1) is 5.39 Å². The van der Waals surface area contributed by atoms with Gasteiger partial charge in [-0.2, -0.15) is 4.98 Å². The molecule has 0 fully saturated rings. The molecule has 0 radical (unpaired) electrons. The summed E-state index contributed by atoms with van der Waals surface area (Å²) in [6, 6.07) is 0. The Kier molecular flexibility index (Phi) is 1.80. The standard InChI is InChI=1S/C9H11N5S/c10-7-6-4-2-1-3-5(4)15-8(6)13-9(12-7)14-11/h1-3,11H2,(H3,10,12,13,14). The van der Waals surface area contributed by atoms with E-state index in [4.69, 9.17) is 11.6 Å². The number of hydrogen-bond donors (Lipinski definition) is 3. The summed E-state index contributed by atoms with van der Waals surface area (Å²) in [5.74, 6) is 6.20. The monoisotopic (exact) mass is 221 g/mol. The van der Waals surface area contributed by atoms with Crippen LogP contribution in [-0.4, -0.2) is 9.97 Å². The van der Waals surface area contributed by atoms with Crippen LogP contribution >= 0.6 is 11.3 Å². The molecule has 0 amide bonds. The van der Waals surface area contributed by atoms with Crippen LogP contribution in [-0.2, 0) is 12.8 Å². The van der Waals surface area contributed by atoms with Crippen molar-refractivity contribution in [2.75, 3.05) is 11.2 Å². The van der Waals surface area contributed by atoms with Crippen LogP contribution in [0.1, 0.15) is 16.9 Å². The van der Waals surface area contributed by atoms with E-state index in [1.807, 2.05) is 0 Å². The molecule has 2 heterocycles. The molecule has 78 valence electrons. The molecule has 15 heavy (non-hydrogen) atoms. The van der Waals surface area contributed by atoms with Crippen molar-refractivity contribution in [2.24, 2.45) is 5.84 Å². The third kappa shape index (κ3) is 1.18. The Bertz CT molecular complexity index is 533. The molecule has 0 saturated carbocycles. The summed E-state index contributed by atoms with van der Waals surface area (Å²) in [6.07, 6.45) is 3.45. The summed E-state index contributed by atoms with van der Waals surface area (Å²) >= 11 is 1.70. The summed E-state index contributed by atoms with van der Waals surface area (Å²) in [6.45, 7) is 0. The number of rotatable bonds is 1. The molecule has 1 aliphatic rings. The van der Waals surface area contributed by atoms with Crippen LogP contribution in [0.4, 0.5) is 11.8 Å². The van der Waals surface area contributed by atoms with Crippen LogP contribution in [0.15, 0.2) is 0 Å². The van der Waals surface area contributed by atoms with Gasteiger partial charge in [-0.05, 0) is 24.8 Å². The van der Waals surface area contributed by atoms with E-state index < -0.39 is 0 Å². The van der Waals surface area contributed by atoms with Gasteiger partial charge in [0.25, 0.3) is 0 Å². The van der Waals surface area contributed by atoms with E-state index in [0.29, 0.717) is 11.8 Å². The smallest absolute Gasteiger partial charge is 0.240 e. The number of aryl methyl sites for hydroxylation is 2. The van der Waals surface area contributed by atoms with Crippen molar-refractivity contribution in [3.8, 4) is 0 Å². The van der Waals surface area contributed by atoms with Crippen LogP contribution < -0.4 is 17.0 Å². The van der Waals surface area contributed by atoms with Gasteiger partial charge in [-0.15, -0.1) is 11.3 Å². The Morgan fingerprint density at radius 2 is 2.13 bits per heavy atom. The van der Waals surface area contributed by atoms with Gasteiger partial charge in [-0.25, -0.2) is 10.8 Å². The minimum absolute atomic E-state index is 0.389. The molecule has 0 aromatic carbocycles. The van der Waals surface area contributed by atoms with Gasteiger partial charge in [-0.1, -0.05) is 0 Å². The Morgan fingerprint density at radius 3 is 2.93 bits per heavy atom. The van der Waals surface area contributed by atoms with Gasteiger partial charge < -0.3 is 5.73 Å². The number of hydrazine groups is 1. The lowest BCUT2D eigenvalue weighted by Crippen LogP contribution is -2.11. The van der Waals surface area contributed by atoms with Crippen LogP contribution in [0.3, 0.4) is 0 Å². The highest BCUT2D eigenvalue weighted by molar-refractivity contribution is 7.19. The summed E-state index contributed by atoms with van der Waals surface area (Å²) in [4.78, 5) is 10.8. The van der Waals surface area contributed by atoms with E-state index in [2.05, 4.69) is 15.4 Å². The predicted octanol–water partition coefficient (Wildman–Crippen LogP) is 1.05. The normalized spacial score (nSPS) is 14.5. The van der Waals surface area contributed by atoms with Gasteiger partial charge in [0.15, 0.2) is 0 Å². The molecule has 0 saturated heterocycles. The van der Waals surface area contributed by atoms with Crippen molar-refractivity contribution in [1.82, 2.24) is 9.97 Å². The van der Waals surface area contributed by atoms with Crippen molar-refractivity contribution in [2.45, 2.75) is 19.3 Å². The SMILES string of the molecule is NNc1nc(N)c2c3c(sc2n1)CCC3. The van der Waals surface area contributed by atoms with E-state index in [0.717, 1.165) is 23.1 Å². The summed E-state index contributed by atoms with van der Waals surface area (Å²) < 4.78 is 0. The number of nitrogens with zero attached hydrogens (tertiary/aromatic N) is 2. The van der Waals surface area contributed by atoms with Crippen molar-refractivity contribution < 1.29 is 0 Å². The summed E-state index contributed by atoms with van der Waals surface area (Å²) in [5.41, 5.74) is 9.68. The zero-order valence-electron chi connectivity index (χ0n) is 8.08. The molecule has 2 aromatic heterocycles. The first-order valence-corrected chi connectivity index (χ1v) is 5.65. The number of nitrogen functional groups attached to an aromatic ring is 2. The fourth-order valence-electron chi connectivity index (χ4n) is 2.09. The van der Waals surface area contributed by atoms with Crippen molar-refractivity contribution in [3.63, 3.8) is 0 Å². The maximum atomic E-state index is 5.91. The number of anilines is 2. The highest BCUT2D eigenvalue weighted by atomic mass is 32.1. The van der Waals surface area contributed by atoms with Gasteiger partial charge in [0, 0.05) is 4.88 Å². The van der Waals surface area contributed by atoms with E-state index >= 15 is 0 Å². The van der Waals surface area contributed by atoms with Gasteiger partial charge in [0.1, 0.15) is 10.6 Å². The second kappa shape index (κ2) is 3.04. The molecular formula is C9H11N5S. The molecular weight excluding hydrogens is 210 g/mol. The number of aromatic nitrogens is 2. The van der Waals surface area contributed by atoms with Crippen LogP contribution in [0, 0.1) is 0 Å². The van der Waals surface area contributed by atoms with Crippen molar-refractivity contribution >= 4 is 33.3 Å². The highest BCUT2D eigenvalue weighted by Crippen LogP contribution is 2.38. The van der Waals surface area contributed by atoms with E-state index in [1.54, 1.807) is 11.3 Å². The number of hydrogen-bond acceptors (Lipinski definition) is 6. The van der Waals surface area contributed by atoms with E-state index in [-0.39, 0.29) is 0 Å². The molecule has 6 heteroatoms. The van der Waals surface area contributed by atoms with Crippen molar-refractivity contribution in [3.05, 3.63) is 10.4 Å². The maximum Gasteiger partial charge on any atom is 0.240 e. The number of nitrogens with one attached hydrogen (secondary N) is 1. The molecule has 3 rings (SSSR count). The predicted molar refractivity (Wildman–Crippen MR) is 61.7 cm³/mol. The molecule has 0 unspecified atom stereocenters. The van der Waals surface area contributed by atoms with Crippen LogP contribution in [0.25, 0.3) is 10.2 Å². The minimum atomic E-state index is 0.389. The zero-order valence-corrected chi connectivity index (χ0v) is 8.90. The third-order valence-corrected chi connectivity index (χ3v) is 3.91. The van der Waals surface area contributed by atoms with E-state index in [9.17, 15) is 0 Å². The molecule has 1 aliphatic carbocycles. The topological polar surface area (TPSA) is 89.8 Å². The average molecular weight is 221 g/mol. The van der Waals surface area contributed by atoms with Gasteiger partial charge >= 0.3 is 0 Å². The molecule has 0 spiro atoms. The van der Waals surface area contributed by atoms with E-state index in [1.165, 1.54) is 16.9 Å². The molecule has 0 bridgehead atoms. The number of thiophene rings is 1. The lowest BCUT2D eigenvalue weighted by Gasteiger charge is -2.01. The minimum Gasteiger partial charge on any atom is -0.383 e. The second-order valence-electron chi connectivity index (χ2n) is 3.61. The first-order chi connectivity index (χ1) is 7.29. The number of fused-ring (bicyclic) bond motifs is 3. The summed E-state index contributed by atoms with van der Waals surface area (Å²) in [5, 5.41) is 1.03. The molecule has 5 N–H and O–H groups in total.